The number of benzene rings is 1. The van der Waals surface area contributed by atoms with Crippen molar-refractivity contribution in [3.05, 3.63) is 47.4 Å². The van der Waals surface area contributed by atoms with Gasteiger partial charge in [-0.25, -0.2) is 22.8 Å². The normalized spacial score (nSPS) is 17.0. The number of carbonyl (C=O) groups excluding carboxylic acids is 1. The first kappa shape index (κ1) is 20.5. The van der Waals surface area contributed by atoms with Gasteiger partial charge in [-0.15, -0.1) is 0 Å². The van der Waals surface area contributed by atoms with Gasteiger partial charge >= 0.3 is 29.6 Å². The number of hydrogen-bond donors (Lipinski definition) is 3. The number of aliphatic carboxylic acids is 1. The maximum atomic E-state index is 13.6. The molecule has 9 nitrogen and oxygen atoms in total. The van der Waals surface area contributed by atoms with Crippen molar-refractivity contribution in [3.63, 3.8) is 0 Å². The molecule has 0 radical (unpaired) electrons. The van der Waals surface area contributed by atoms with Crippen LogP contribution in [0.1, 0.15) is 51.9 Å². The van der Waals surface area contributed by atoms with E-state index < -0.39 is 78.1 Å². The van der Waals surface area contributed by atoms with Crippen LogP contribution in [0.5, 0.6) is 0 Å². The molecule has 2 rings (SSSR count). The SMILES string of the molecule is [2H]C([2H])([2H])C(c1nc(NS(C)(=O)=O)nc(-c2ccc(F)cc2)c1/C=C/[C@@H](O)C[C@@H](O)CC(=O)[O-])C([2H])([2H])[2H].[Na+]. The summed E-state index contributed by atoms with van der Waals surface area (Å²) in [5.41, 5.74) is -0.948. The molecule has 0 unspecified atom stereocenters. The van der Waals surface area contributed by atoms with E-state index in [0.29, 0.717) is 0 Å². The molecule has 2 atom stereocenters. The standard InChI is InChI=1S/C21H26FN3O6S.Na/c1-12(2)19-17(9-8-15(26)10-16(27)11-18(28)29)20(13-4-6-14(22)7-5-13)24-21(23-19)25-32(3,30)31;/h4-9,12,15-16,26-27H,10-11H2,1-3H3,(H,28,29)(H,23,24,25);/q;+1/p-1/b9-8+;/t15-,16-;/m1./s1/i1D3,2D3;. The summed E-state index contributed by atoms with van der Waals surface area (Å²) in [5, 5.41) is 30.7. The summed E-state index contributed by atoms with van der Waals surface area (Å²) in [7, 11) is -4.01. The third-order valence-corrected chi connectivity index (χ3v) is 4.60. The number of rotatable bonds is 10. The van der Waals surface area contributed by atoms with Crippen LogP contribution in [0, 0.1) is 5.82 Å². The van der Waals surface area contributed by atoms with Crippen LogP contribution in [-0.4, -0.2) is 53.0 Å². The molecule has 1 heterocycles. The molecular formula is C21H25FN3NaO6S. The molecule has 0 bridgehead atoms. The fourth-order valence-electron chi connectivity index (χ4n) is 2.75. The second-order valence-corrected chi connectivity index (χ2v) is 8.65. The molecule has 33 heavy (non-hydrogen) atoms. The van der Waals surface area contributed by atoms with Crippen LogP contribution in [0.4, 0.5) is 10.3 Å². The molecule has 2 aromatic rings. The Labute approximate surface area is 222 Å². The Bertz CT molecular complexity index is 1280. The number of aliphatic hydroxyl groups is 2. The largest absolute Gasteiger partial charge is 1.00 e. The summed E-state index contributed by atoms with van der Waals surface area (Å²) in [4.78, 5) is 18.7. The number of nitrogens with zero attached hydrogens (tertiary/aromatic N) is 2. The fourth-order valence-corrected chi connectivity index (χ4v) is 3.17. The Morgan fingerprint density at radius 2 is 1.91 bits per heavy atom. The first-order valence-corrected chi connectivity index (χ1v) is 11.1. The molecule has 0 aliphatic heterocycles. The topological polar surface area (TPSA) is 153 Å². The zero-order chi connectivity index (χ0) is 29.1. The van der Waals surface area contributed by atoms with E-state index in [2.05, 4.69) is 9.97 Å². The van der Waals surface area contributed by atoms with Crippen molar-refractivity contribution in [2.75, 3.05) is 11.0 Å². The Morgan fingerprint density at radius 3 is 2.45 bits per heavy atom. The molecule has 0 spiro atoms. The minimum Gasteiger partial charge on any atom is -0.550 e. The van der Waals surface area contributed by atoms with Crippen molar-refractivity contribution in [2.24, 2.45) is 0 Å². The summed E-state index contributed by atoms with van der Waals surface area (Å²) < 4.78 is 86.5. The molecule has 174 valence electrons. The van der Waals surface area contributed by atoms with Crippen LogP contribution in [-0.2, 0) is 14.8 Å². The summed E-state index contributed by atoms with van der Waals surface area (Å²) in [5.74, 6) is -5.11. The predicted molar refractivity (Wildman–Crippen MR) is 115 cm³/mol. The average molecular weight is 496 g/mol. The van der Waals surface area contributed by atoms with E-state index in [4.69, 9.17) is 8.22 Å². The van der Waals surface area contributed by atoms with Crippen molar-refractivity contribution in [3.8, 4) is 11.3 Å². The van der Waals surface area contributed by atoms with Crippen LogP contribution in [0.2, 0.25) is 0 Å². The van der Waals surface area contributed by atoms with Gasteiger partial charge in [0.25, 0.3) is 0 Å². The van der Waals surface area contributed by atoms with E-state index >= 15 is 0 Å². The number of anilines is 1. The van der Waals surface area contributed by atoms with Gasteiger partial charge < -0.3 is 20.1 Å². The fraction of sp³-hybridized carbons (Fsp3) is 0.381. The van der Waals surface area contributed by atoms with Gasteiger partial charge in [-0.1, -0.05) is 25.9 Å². The zero-order valence-electron chi connectivity index (χ0n) is 23.8. The first-order valence-electron chi connectivity index (χ1n) is 12.2. The van der Waals surface area contributed by atoms with Gasteiger partial charge in [0, 0.05) is 38.2 Å². The molecule has 0 amide bonds. The molecule has 0 saturated carbocycles. The summed E-state index contributed by atoms with van der Waals surface area (Å²) in [6, 6.07) is 4.51. The average Bonchev–Trinajstić information content (AvgIpc) is 2.69. The first-order chi connectivity index (χ1) is 17.3. The Balaban J connectivity index is 0.00000760. The predicted octanol–water partition coefficient (Wildman–Crippen LogP) is -1.95. The van der Waals surface area contributed by atoms with Gasteiger partial charge in [-0.05, 0) is 30.2 Å². The minimum absolute atomic E-state index is 0. The zero-order valence-corrected chi connectivity index (χ0v) is 20.6. The quantitative estimate of drug-likeness (QED) is 0.322. The molecule has 3 N–H and O–H groups in total. The number of nitrogens with one attached hydrogen (secondary N) is 1. The van der Waals surface area contributed by atoms with E-state index in [1.165, 1.54) is 12.1 Å². The third-order valence-electron chi connectivity index (χ3n) is 4.04. The van der Waals surface area contributed by atoms with E-state index in [9.17, 15) is 32.9 Å². The number of hydrogen-bond acceptors (Lipinski definition) is 8. The molecule has 0 aliphatic carbocycles. The number of halogens is 1. The van der Waals surface area contributed by atoms with Gasteiger partial charge in [0.1, 0.15) is 5.82 Å². The smallest absolute Gasteiger partial charge is 0.550 e. The number of carbonyl (C=O) groups is 1. The maximum Gasteiger partial charge on any atom is 1.00 e. The molecule has 12 heteroatoms. The molecular weight excluding hydrogens is 464 g/mol. The minimum atomic E-state index is -4.01. The number of carboxylic acids is 1. The summed E-state index contributed by atoms with van der Waals surface area (Å²) >= 11 is 0. The second kappa shape index (κ2) is 12.5. The second-order valence-electron chi connectivity index (χ2n) is 6.90. The Kier molecular flexibility index (Phi) is 7.78. The number of carboxylic acid groups (broad SMARTS) is 1. The number of aromatic nitrogens is 2. The van der Waals surface area contributed by atoms with Crippen LogP contribution < -0.4 is 39.4 Å². The van der Waals surface area contributed by atoms with E-state index in [1.807, 2.05) is 4.72 Å². The molecule has 1 aromatic carbocycles. The van der Waals surface area contributed by atoms with E-state index in [0.717, 1.165) is 30.5 Å². The van der Waals surface area contributed by atoms with Gasteiger partial charge in [0.15, 0.2) is 0 Å². The summed E-state index contributed by atoms with van der Waals surface area (Å²) in [6.07, 6.45) is -1.38. The monoisotopic (exact) mass is 495 g/mol. The van der Waals surface area contributed by atoms with Crippen molar-refractivity contribution in [1.29, 1.82) is 0 Å². The van der Waals surface area contributed by atoms with Crippen LogP contribution in [0.25, 0.3) is 17.3 Å². The Hall–Kier alpha value is -1.89. The molecule has 0 aliphatic rings. The number of aliphatic hydroxyl groups excluding tert-OH is 2. The van der Waals surface area contributed by atoms with Crippen molar-refractivity contribution in [1.82, 2.24) is 9.97 Å². The van der Waals surface area contributed by atoms with Crippen molar-refractivity contribution < 1.29 is 70.7 Å². The number of sulfonamides is 1. The third kappa shape index (κ3) is 9.48. The molecule has 0 saturated heterocycles. The maximum absolute atomic E-state index is 13.6. The molecule has 0 fully saturated rings. The van der Waals surface area contributed by atoms with Gasteiger partial charge in [0.2, 0.25) is 16.0 Å². The van der Waals surface area contributed by atoms with Gasteiger partial charge in [-0.2, -0.15) is 0 Å². The van der Waals surface area contributed by atoms with Crippen molar-refractivity contribution >= 4 is 28.0 Å². The van der Waals surface area contributed by atoms with Gasteiger partial charge in [0.05, 0.1) is 29.9 Å². The summed E-state index contributed by atoms with van der Waals surface area (Å²) in [6.45, 7) is -6.35. The van der Waals surface area contributed by atoms with Gasteiger partial charge in [-0.3, -0.25) is 4.72 Å². The van der Waals surface area contributed by atoms with Crippen molar-refractivity contribution in [2.45, 2.75) is 44.7 Å². The Morgan fingerprint density at radius 1 is 1.27 bits per heavy atom. The molecule has 1 aromatic heterocycles. The van der Waals surface area contributed by atoms with Crippen LogP contribution in [0.3, 0.4) is 0 Å². The van der Waals surface area contributed by atoms with E-state index in [1.54, 1.807) is 0 Å². The van der Waals surface area contributed by atoms with Crippen LogP contribution >= 0.6 is 0 Å². The van der Waals surface area contributed by atoms with Crippen LogP contribution in [0.15, 0.2) is 30.3 Å². The van der Waals surface area contributed by atoms with E-state index in [-0.39, 0.29) is 46.4 Å².